The molecule has 0 atom stereocenters. The molecule has 2 aliphatic carbocycles. The third-order valence-corrected chi connectivity index (χ3v) is 4.60. The predicted octanol–water partition coefficient (Wildman–Crippen LogP) is 2.67. The average Bonchev–Trinajstić information content (AvgIpc) is 3.03. The summed E-state index contributed by atoms with van der Waals surface area (Å²) in [4.78, 5) is 25.9. The van der Waals surface area contributed by atoms with E-state index in [0.29, 0.717) is 18.8 Å². The molecule has 2 aliphatic rings. The Labute approximate surface area is 115 Å². The summed E-state index contributed by atoms with van der Waals surface area (Å²) in [5.74, 6) is -0.101. The molecule has 0 unspecified atom stereocenters. The van der Waals surface area contributed by atoms with Gasteiger partial charge in [-0.1, -0.05) is 12.8 Å². The summed E-state index contributed by atoms with van der Waals surface area (Å²) in [7, 11) is 0. The molecule has 0 saturated heterocycles. The normalized spacial score (nSPS) is 21.6. The molecule has 19 heavy (non-hydrogen) atoms. The van der Waals surface area contributed by atoms with E-state index in [-0.39, 0.29) is 18.4 Å². The monoisotopic (exact) mass is 267 g/mol. The second kappa shape index (κ2) is 5.51. The minimum absolute atomic E-state index is 0.0335. The number of carbonyl (C=O) groups excluding carboxylic acids is 1. The first-order valence-electron chi connectivity index (χ1n) is 7.47. The number of carbonyl (C=O) groups is 2. The topological polar surface area (TPSA) is 57.6 Å². The summed E-state index contributed by atoms with van der Waals surface area (Å²) < 4.78 is 0. The third-order valence-electron chi connectivity index (χ3n) is 4.60. The summed E-state index contributed by atoms with van der Waals surface area (Å²) >= 11 is 0. The number of aliphatic carboxylic acids is 1. The van der Waals surface area contributed by atoms with Crippen molar-refractivity contribution in [1.82, 2.24) is 4.90 Å². The van der Waals surface area contributed by atoms with Crippen molar-refractivity contribution in [1.29, 1.82) is 0 Å². The van der Waals surface area contributed by atoms with E-state index in [1.54, 1.807) is 0 Å². The first kappa shape index (κ1) is 14.4. The zero-order chi connectivity index (χ0) is 14.0. The molecule has 108 valence electrons. The van der Waals surface area contributed by atoms with Crippen LogP contribution in [0.3, 0.4) is 0 Å². The predicted molar refractivity (Wildman–Crippen MR) is 72.7 cm³/mol. The van der Waals surface area contributed by atoms with Crippen molar-refractivity contribution < 1.29 is 14.7 Å². The second-order valence-corrected chi connectivity index (χ2v) is 6.55. The van der Waals surface area contributed by atoms with Gasteiger partial charge >= 0.3 is 5.97 Å². The molecule has 2 fully saturated rings. The fourth-order valence-electron chi connectivity index (χ4n) is 3.09. The number of nitrogens with zero attached hydrogens (tertiary/aromatic N) is 1. The first-order valence-corrected chi connectivity index (χ1v) is 7.47. The van der Waals surface area contributed by atoms with Crippen LogP contribution in [-0.4, -0.2) is 34.5 Å². The van der Waals surface area contributed by atoms with Crippen LogP contribution in [0.1, 0.15) is 58.8 Å². The van der Waals surface area contributed by atoms with Gasteiger partial charge < -0.3 is 10.0 Å². The molecule has 1 amide bonds. The maximum Gasteiger partial charge on any atom is 0.310 e. The summed E-state index contributed by atoms with van der Waals surface area (Å²) in [5.41, 5.74) is -0.784. The molecule has 0 aromatic rings. The van der Waals surface area contributed by atoms with Crippen LogP contribution in [0.15, 0.2) is 0 Å². The molecule has 4 nitrogen and oxygen atoms in total. The SMILES string of the molecule is CC(C)N(CC1CC1)C(=O)CC1(C(=O)O)CCCC1. The van der Waals surface area contributed by atoms with Crippen LogP contribution in [0.4, 0.5) is 0 Å². The highest BCUT2D eigenvalue weighted by Gasteiger charge is 2.44. The molecular formula is C15H25NO3. The third kappa shape index (κ3) is 3.28. The minimum Gasteiger partial charge on any atom is -0.481 e. The second-order valence-electron chi connectivity index (χ2n) is 6.55. The highest BCUT2D eigenvalue weighted by molar-refractivity contribution is 5.85. The van der Waals surface area contributed by atoms with Crippen molar-refractivity contribution in [2.75, 3.05) is 6.54 Å². The number of amides is 1. The molecule has 0 bridgehead atoms. The first-order chi connectivity index (χ1) is 8.94. The summed E-state index contributed by atoms with van der Waals surface area (Å²) in [6, 6.07) is 0.167. The summed E-state index contributed by atoms with van der Waals surface area (Å²) in [5, 5.41) is 9.46. The van der Waals surface area contributed by atoms with Gasteiger partial charge in [0, 0.05) is 19.0 Å². The van der Waals surface area contributed by atoms with Crippen molar-refractivity contribution in [3.05, 3.63) is 0 Å². The quantitative estimate of drug-likeness (QED) is 0.805. The fraction of sp³-hybridized carbons (Fsp3) is 0.867. The van der Waals surface area contributed by atoms with E-state index in [4.69, 9.17) is 0 Å². The van der Waals surface area contributed by atoms with Crippen LogP contribution in [0, 0.1) is 11.3 Å². The Balaban J connectivity index is 2.02. The lowest BCUT2D eigenvalue weighted by Crippen LogP contribution is -2.42. The summed E-state index contributed by atoms with van der Waals surface area (Å²) in [6.45, 7) is 4.84. The van der Waals surface area contributed by atoms with Crippen molar-refractivity contribution >= 4 is 11.9 Å². The Kier molecular flexibility index (Phi) is 4.16. The molecule has 0 spiro atoms. The minimum atomic E-state index is -0.784. The van der Waals surface area contributed by atoms with Crippen molar-refractivity contribution in [2.45, 2.75) is 64.8 Å². The van der Waals surface area contributed by atoms with Gasteiger partial charge in [0.2, 0.25) is 5.91 Å². The molecule has 0 heterocycles. The van der Waals surface area contributed by atoms with Crippen molar-refractivity contribution in [3.8, 4) is 0 Å². The smallest absolute Gasteiger partial charge is 0.310 e. The van der Waals surface area contributed by atoms with Crippen LogP contribution < -0.4 is 0 Å². The van der Waals surface area contributed by atoms with E-state index in [0.717, 1.165) is 19.4 Å². The average molecular weight is 267 g/mol. The summed E-state index contributed by atoms with van der Waals surface area (Å²) in [6.07, 6.45) is 5.79. The molecule has 1 N–H and O–H groups in total. The van der Waals surface area contributed by atoms with E-state index in [1.165, 1.54) is 12.8 Å². The van der Waals surface area contributed by atoms with Gasteiger partial charge in [-0.25, -0.2) is 0 Å². The Morgan fingerprint density at radius 3 is 2.26 bits per heavy atom. The van der Waals surface area contributed by atoms with Crippen molar-refractivity contribution in [2.24, 2.45) is 11.3 Å². The molecule has 2 rings (SSSR count). The van der Waals surface area contributed by atoms with Crippen LogP contribution in [0.25, 0.3) is 0 Å². The van der Waals surface area contributed by atoms with Gasteiger partial charge in [0.25, 0.3) is 0 Å². The largest absolute Gasteiger partial charge is 0.481 e. The van der Waals surface area contributed by atoms with Gasteiger partial charge in [-0.05, 0) is 45.4 Å². The Morgan fingerprint density at radius 1 is 1.26 bits per heavy atom. The number of rotatable bonds is 6. The fourth-order valence-corrected chi connectivity index (χ4v) is 3.09. The Morgan fingerprint density at radius 2 is 1.84 bits per heavy atom. The van der Waals surface area contributed by atoms with Gasteiger partial charge in [-0.3, -0.25) is 9.59 Å². The van der Waals surface area contributed by atoms with E-state index in [9.17, 15) is 14.7 Å². The Hall–Kier alpha value is -1.06. The molecule has 0 radical (unpaired) electrons. The number of hydrogen-bond donors (Lipinski definition) is 1. The molecule has 0 aromatic carbocycles. The van der Waals surface area contributed by atoms with Crippen LogP contribution >= 0.6 is 0 Å². The highest BCUT2D eigenvalue weighted by atomic mass is 16.4. The van der Waals surface area contributed by atoms with Gasteiger partial charge in [-0.2, -0.15) is 0 Å². The van der Waals surface area contributed by atoms with Crippen LogP contribution in [0.2, 0.25) is 0 Å². The standard InChI is InChI=1S/C15H25NO3/c1-11(2)16(10-12-5-6-12)13(17)9-15(14(18)19)7-3-4-8-15/h11-12H,3-10H2,1-2H3,(H,18,19). The lowest BCUT2D eigenvalue weighted by molar-refractivity contribution is -0.154. The van der Waals surface area contributed by atoms with Crippen LogP contribution in [-0.2, 0) is 9.59 Å². The van der Waals surface area contributed by atoms with Crippen LogP contribution in [0.5, 0.6) is 0 Å². The van der Waals surface area contributed by atoms with Gasteiger partial charge in [0.05, 0.1) is 5.41 Å². The van der Waals surface area contributed by atoms with Gasteiger partial charge in [0.1, 0.15) is 0 Å². The highest BCUT2D eigenvalue weighted by Crippen LogP contribution is 2.42. The van der Waals surface area contributed by atoms with E-state index < -0.39 is 11.4 Å². The van der Waals surface area contributed by atoms with Gasteiger partial charge in [-0.15, -0.1) is 0 Å². The van der Waals surface area contributed by atoms with E-state index in [1.807, 2.05) is 18.7 Å². The number of hydrogen-bond acceptors (Lipinski definition) is 2. The molecular weight excluding hydrogens is 242 g/mol. The number of carboxylic acid groups (broad SMARTS) is 1. The maximum atomic E-state index is 12.5. The molecule has 2 saturated carbocycles. The lowest BCUT2D eigenvalue weighted by Gasteiger charge is -2.31. The molecule has 4 heteroatoms. The zero-order valence-electron chi connectivity index (χ0n) is 12.0. The van der Waals surface area contributed by atoms with Gasteiger partial charge in [0.15, 0.2) is 0 Å². The number of carboxylic acids is 1. The Bertz CT molecular complexity index is 354. The lowest BCUT2D eigenvalue weighted by atomic mass is 9.82. The maximum absolute atomic E-state index is 12.5. The molecule has 0 aliphatic heterocycles. The van der Waals surface area contributed by atoms with E-state index in [2.05, 4.69) is 0 Å². The van der Waals surface area contributed by atoms with E-state index >= 15 is 0 Å². The zero-order valence-corrected chi connectivity index (χ0v) is 12.0. The van der Waals surface area contributed by atoms with Crippen molar-refractivity contribution in [3.63, 3.8) is 0 Å². The molecule has 0 aromatic heterocycles.